The minimum atomic E-state index is -0.969. The largest absolute Gasteiger partial charge is 0.497 e. The van der Waals surface area contributed by atoms with Crippen LogP contribution in [0.4, 0.5) is 0 Å². The van der Waals surface area contributed by atoms with Gasteiger partial charge in [0.1, 0.15) is 17.8 Å². The fourth-order valence-electron chi connectivity index (χ4n) is 4.89. The third-order valence-electron chi connectivity index (χ3n) is 6.66. The van der Waals surface area contributed by atoms with Gasteiger partial charge < -0.3 is 20.9 Å². The number of rotatable bonds is 10. The summed E-state index contributed by atoms with van der Waals surface area (Å²) >= 11 is 0. The lowest BCUT2D eigenvalue weighted by Crippen LogP contribution is -2.36. The summed E-state index contributed by atoms with van der Waals surface area (Å²) in [5, 5.41) is 12.4. The summed E-state index contributed by atoms with van der Waals surface area (Å²) < 4.78 is 5.23. The molecule has 0 aliphatic heterocycles. The normalized spacial score (nSPS) is 14.3. The van der Waals surface area contributed by atoms with E-state index in [9.17, 15) is 19.5 Å². The van der Waals surface area contributed by atoms with Gasteiger partial charge in [0.2, 0.25) is 5.91 Å². The Labute approximate surface area is 214 Å². The Morgan fingerprint density at radius 2 is 2.05 bits per heavy atom. The van der Waals surface area contributed by atoms with Gasteiger partial charge in [-0.25, -0.2) is 14.8 Å². The monoisotopic (exact) mass is 503 g/mol. The van der Waals surface area contributed by atoms with Crippen molar-refractivity contribution < 1.29 is 24.2 Å². The smallest absolute Gasteiger partial charge is 0.335 e. The van der Waals surface area contributed by atoms with Crippen LogP contribution in [0.5, 0.6) is 5.75 Å². The second kappa shape index (κ2) is 11.2. The number of aromatic nitrogens is 2. The first kappa shape index (κ1) is 25.8. The van der Waals surface area contributed by atoms with Crippen LogP contribution in [-0.2, 0) is 24.3 Å². The van der Waals surface area contributed by atoms with Crippen LogP contribution in [0.2, 0.25) is 0 Å². The first-order chi connectivity index (χ1) is 17.8. The zero-order valence-corrected chi connectivity index (χ0v) is 20.7. The van der Waals surface area contributed by atoms with E-state index in [0.717, 1.165) is 22.3 Å². The number of hydrogen-bond donors (Lipinski definition) is 3. The number of aromatic carboxylic acids is 1. The van der Waals surface area contributed by atoms with Crippen molar-refractivity contribution in [3.63, 3.8) is 0 Å². The molecule has 0 bridgehead atoms. The molecule has 1 aliphatic carbocycles. The number of amides is 2. The zero-order chi connectivity index (χ0) is 26.5. The molecule has 0 saturated carbocycles. The van der Waals surface area contributed by atoms with E-state index in [4.69, 9.17) is 10.5 Å². The van der Waals surface area contributed by atoms with E-state index >= 15 is 0 Å². The molecular weight excluding hydrogens is 474 g/mol. The summed E-state index contributed by atoms with van der Waals surface area (Å²) in [6, 6.07) is 10.6. The molecule has 1 atom stereocenters. The predicted molar refractivity (Wildman–Crippen MR) is 135 cm³/mol. The van der Waals surface area contributed by atoms with Crippen LogP contribution >= 0.6 is 0 Å². The fraction of sp³-hybridized carbons (Fsp3) is 0.296. The number of fused-ring (bicyclic) bond motifs is 1. The Morgan fingerprint density at radius 3 is 2.78 bits per heavy atom. The van der Waals surface area contributed by atoms with Crippen LogP contribution < -0.4 is 15.8 Å². The lowest BCUT2D eigenvalue weighted by molar-refractivity contribution is -0.119. The molecule has 10 nitrogen and oxygen atoms in total. The average molecular weight is 504 g/mol. The van der Waals surface area contributed by atoms with E-state index in [1.54, 1.807) is 32.4 Å². The van der Waals surface area contributed by atoms with Crippen LogP contribution in [0.25, 0.3) is 0 Å². The topological polar surface area (TPSA) is 148 Å². The molecule has 0 spiro atoms. The molecule has 0 saturated heterocycles. The number of benzene rings is 2. The van der Waals surface area contributed by atoms with E-state index < -0.39 is 11.9 Å². The molecule has 1 heterocycles. The lowest BCUT2D eigenvalue weighted by Gasteiger charge is -2.29. The van der Waals surface area contributed by atoms with Crippen LogP contribution in [0.15, 0.2) is 48.9 Å². The number of hydrogen-bond acceptors (Lipinski definition) is 7. The molecule has 3 aromatic rings. The molecule has 192 valence electrons. The van der Waals surface area contributed by atoms with E-state index in [0.29, 0.717) is 24.2 Å². The molecule has 2 aromatic carbocycles. The van der Waals surface area contributed by atoms with Crippen LogP contribution in [-0.4, -0.2) is 51.4 Å². The standard InChI is InChI=1S/C27H29N5O5/c1-16-20-8-9-23(22(20)7-6-21(16)27(35)36)32(14-24(28)33)13-18-12-29-15-31-25(18)26(34)30-11-17-4-3-5-19(10-17)37-2/h3-7,10,12,15,23H,8-9,11,13-14H2,1-2H3,(H2,28,33)(H,30,34)(H,35,36). The van der Waals surface area contributed by atoms with Crippen molar-refractivity contribution in [1.29, 1.82) is 0 Å². The van der Waals surface area contributed by atoms with Crippen molar-refractivity contribution >= 4 is 17.8 Å². The molecule has 4 N–H and O–H groups in total. The maximum Gasteiger partial charge on any atom is 0.335 e. The molecule has 1 aromatic heterocycles. The summed E-state index contributed by atoms with van der Waals surface area (Å²) in [5.74, 6) is -1.15. The van der Waals surface area contributed by atoms with Crippen LogP contribution in [0, 0.1) is 6.92 Å². The summed E-state index contributed by atoms with van der Waals surface area (Å²) in [6.45, 7) is 2.27. The summed E-state index contributed by atoms with van der Waals surface area (Å²) in [6.07, 6.45) is 4.25. The molecule has 1 unspecified atom stereocenters. The molecule has 10 heteroatoms. The first-order valence-electron chi connectivity index (χ1n) is 11.9. The number of carboxylic acids is 1. The van der Waals surface area contributed by atoms with E-state index in [2.05, 4.69) is 15.3 Å². The number of carbonyl (C=O) groups excluding carboxylic acids is 2. The predicted octanol–water partition coefficient (Wildman–Crippen LogP) is 2.40. The minimum Gasteiger partial charge on any atom is -0.497 e. The van der Waals surface area contributed by atoms with Crippen LogP contribution in [0.3, 0.4) is 0 Å². The summed E-state index contributed by atoms with van der Waals surface area (Å²) in [7, 11) is 1.58. The quantitative estimate of drug-likeness (QED) is 0.382. The Kier molecular flexibility index (Phi) is 7.78. The van der Waals surface area contributed by atoms with Crippen LogP contribution in [0.1, 0.15) is 61.1 Å². The molecule has 1 aliphatic rings. The number of nitrogens with zero attached hydrogens (tertiary/aromatic N) is 3. The van der Waals surface area contributed by atoms with E-state index in [1.165, 1.54) is 6.33 Å². The molecule has 0 fully saturated rings. The highest BCUT2D eigenvalue weighted by atomic mass is 16.5. The van der Waals surface area contributed by atoms with Crippen molar-refractivity contribution in [3.05, 3.63) is 88.0 Å². The van der Waals surface area contributed by atoms with Crippen molar-refractivity contribution in [2.45, 2.75) is 38.9 Å². The van der Waals surface area contributed by atoms with Gasteiger partial charge in [-0.2, -0.15) is 0 Å². The third kappa shape index (κ3) is 5.75. The summed E-state index contributed by atoms with van der Waals surface area (Å²) in [5.41, 5.74) is 10.2. The van der Waals surface area contributed by atoms with Gasteiger partial charge >= 0.3 is 5.97 Å². The number of methoxy groups -OCH3 is 1. The highest BCUT2D eigenvalue weighted by Crippen LogP contribution is 2.39. The minimum absolute atomic E-state index is 0.0381. The highest BCUT2D eigenvalue weighted by molar-refractivity contribution is 5.93. The Bertz CT molecular complexity index is 1340. The Hall–Kier alpha value is -4.31. The van der Waals surface area contributed by atoms with E-state index in [-0.39, 0.29) is 42.8 Å². The first-order valence-corrected chi connectivity index (χ1v) is 11.9. The molecular formula is C27H29N5O5. The van der Waals surface area contributed by atoms with Gasteiger partial charge in [-0.15, -0.1) is 0 Å². The van der Waals surface area contributed by atoms with Crippen molar-refractivity contribution in [2.24, 2.45) is 5.73 Å². The molecule has 4 rings (SSSR count). The van der Waals surface area contributed by atoms with Gasteiger partial charge in [0, 0.05) is 30.9 Å². The maximum absolute atomic E-state index is 13.1. The maximum atomic E-state index is 13.1. The number of nitrogens with two attached hydrogens (primary N) is 1. The van der Waals surface area contributed by atoms with E-state index in [1.807, 2.05) is 29.2 Å². The zero-order valence-electron chi connectivity index (χ0n) is 20.7. The van der Waals surface area contributed by atoms with Gasteiger partial charge in [0.05, 0.1) is 19.2 Å². The number of ether oxygens (including phenoxy) is 1. The van der Waals surface area contributed by atoms with Gasteiger partial charge in [0.15, 0.2) is 0 Å². The second-order valence-electron chi connectivity index (χ2n) is 8.97. The lowest BCUT2D eigenvalue weighted by atomic mass is 9.97. The molecule has 37 heavy (non-hydrogen) atoms. The van der Waals surface area contributed by atoms with Crippen molar-refractivity contribution in [2.75, 3.05) is 13.7 Å². The fourth-order valence-corrected chi connectivity index (χ4v) is 4.89. The number of carbonyl (C=O) groups is 3. The van der Waals surface area contributed by atoms with Gasteiger partial charge in [-0.05, 0) is 60.2 Å². The van der Waals surface area contributed by atoms with Crippen molar-refractivity contribution in [3.8, 4) is 5.75 Å². The SMILES string of the molecule is COc1cccc(CNC(=O)c2ncncc2CN(CC(N)=O)C2CCc3c2ccc(C(=O)O)c3C)c1. The third-order valence-corrected chi connectivity index (χ3v) is 6.66. The number of primary amides is 1. The summed E-state index contributed by atoms with van der Waals surface area (Å²) in [4.78, 5) is 46.8. The number of nitrogens with one attached hydrogen (secondary N) is 1. The Balaban J connectivity index is 1.57. The molecule has 2 amide bonds. The second-order valence-corrected chi connectivity index (χ2v) is 8.97. The van der Waals surface area contributed by atoms with Gasteiger partial charge in [0.25, 0.3) is 5.91 Å². The number of carboxylic acid groups (broad SMARTS) is 1. The Morgan fingerprint density at radius 1 is 1.24 bits per heavy atom. The average Bonchev–Trinajstić information content (AvgIpc) is 3.32. The van der Waals surface area contributed by atoms with Gasteiger partial charge in [-0.3, -0.25) is 14.5 Å². The van der Waals surface area contributed by atoms with Crippen molar-refractivity contribution in [1.82, 2.24) is 20.2 Å². The highest BCUT2D eigenvalue weighted by Gasteiger charge is 2.32. The van der Waals surface area contributed by atoms with Gasteiger partial charge in [-0.1, -0.05) is 18.2 Å². The molecule has 0 radical (unpaired) electrons.